The molecule has 0 bridgehead atoms. The fourth-order valence-electron chi connectivity index (χ4n) is 2.99. The van der Waals surface area contributed by atoms with E-state index in [1.54, 1.807) is 0 Å². The number of aromatic nitrogens is 1. The van der Waals surface area contributed by atoms with Crippen LogP contribution < -0.4 is 5.73 Å². The zero-order valence-electron chi connectivity index (χ0n) is 11.4. The minimum atomic E-state index is 0.386. The molecule has 2 rings (SSSR count). The van der Waals surface area contributed by atoms with Crippen molar-refractivity contribution in [2.24, 2.45) is 17.6 Å². The summed E-state index contributed by atoms with van der Waals surface area (Å²) in [6.45, 7) is 5.76. The Balaban J connectivity index is 1.91. The van der Waals surface area contributed by atoms with Crippen LogP contribution in [0, 0.1) is 11.8 Å². The Morgan fingerprint density at radius 2 is 2.00 bits per heavy atom. The lowest BCUT2D eigenvalue weighted by Crippen LogP contribution is -2.26. The minimum Gasteiger partial charge on any atom is -0.372 e. The van der Waals surface area contributed by atoms with E-state index in [9.17, 15) is 0 Å². The van der Waals surface area contributed by atoms with E-state index >= 15 is 0 Å². The van der Waals surface area contributed by atoms with Crippen LogP contribution in [0.4, 0.5) is 0 Å². The average Bonchev–Trinajstić information content (AvgIpc) is 2.35. The third-order valence-electron chi connectivity index (χ3n) is 3.80. The van der Waals surface area contributed by atoms with Crippen molar-refractivity contribution in [3.05, 3.63) is 29.6 Å². The number of rotatable bonds is 4. The van der Waals surface area contributed by atoms with Gasteiger partial charge in [0.05, 0.1) is 18.4 Å². The van der Waals surface area contributed by atoms with Gasteiger partial charge in [0.1, 0.15) is 0 Å². The van der Waals surface area contributed by atoms with E-state index in [1.807, 2.05) is 18.3 Å². The lowest BCUT2D eigenvalue weighted by atomic mass is 9.82. The molecule has 1 fully saturated rings. The normalized spacial score (nSPS) is 28.3. The first-order chi connectivity index (χ1) is 8.69. The molecule has 3 heteroatoms. The third-order valence-corrected chi connectivity index (χ3v) is 3.80. The van der Waals surface area contributed by atoms with Crippen LogP contribution in [0.2, 0.25) is 0 Å². The molecule has 1 aliphatic carbocycles. The van der Waals surface area contributed by atoms with Gasteiger partial charge in [-0.25, -0.2) is 0 Å². The number of hydrogen-bond acceptors (Lipinski definition) is 3. The molecule has 2 N–H and O–H groups in total. The highest BCUT2D eigenvalue weighted by Gasteiger charge is 2.24. The summed E-state index contributed by atoms with van der Waals surface area (Å²) in [7, 11) is 0. The summed E-state index contributed by atoms with van der Waals surface area (Å²) in [5.41, 5.74) is 7.79. The number of nitrogens with zero attached hydrogens (tertiary/aromatic N) is 1. The van der Waals surface area contributed by atoms with Gasteiger partial charge in [0.15, 0.2) is 0 Å². The van der Waals surface area contributed by atoms with E-state index < -0.39 is 0 Å². The summed E-state index contributed by atoms with van der Waals surface area (Å²) >= 11 is 0. The summed E-state index contributed by atoms with van der Waals surface area (Å²) in [5.74, 6) is 1.55. The molecule has 1 saturated carbocycles. The van der Waals surface area contributed by atoms with Gasteiger partial charge in [0.2, 0.25) is 0 Å². The molecule has 100 valence electrons. The molecule has 0 aliphatic heterocycles. The fourth-order valence-corrected chi connectivity index (χ4v) is 2.99. The molecule has 2 unspecified atom stereocenters. The van der Waals surface area contributed by atoms with Gasteiger partial charge in [0.25, 0.3) is 0 Å². The molecule has 0 radical (unpaired) electrons. The first-order valence-electron chi connectivity index (χ1n) is 6.93. The van der Waals surface area contributed by atoms with E-state index in [2.05, 4.69) is 18.8 Å². The molecular formula is C15H24N2O. The predicted molar refractivity (Wildman–Crippen MR) is 72.9 cm³/mol. The molecule has 1 aliphatic rings. The topological polar surface area (TPSA) is 48.1 Å². The Morgan fingerprint density at radius 1 is 1.28 bits per heavy atom. The zero-order chi connectivity index (χ0) is 13.0. The van der Waals surface area contributed by atoms with Crippen LogP contribution >= 0.6 is 0 Å². The number of pyridine rings is 1. The molecule has 3 nitrogen and oxygen atoms in total. The van der Waals surface area contributed by atoms with E-state index in [4.69, 9.17) is 10.5 Å². The van der Waals surface area contributed by atoms with Crippen LogP contribution in [0.1, 0.15) is 44.4 Å². The summed E-state index contributed by atoms with van der Waals surface area (Å²) in [5, 5.41) is 0. The molecular weight excluding hydrogens is 224 g/mol. The minimum absolute atomic E-state index is 0.386. The Morgan fingerprint density at radius 3 is 2.67 bits per heavy atom. The van der Waals surface area contributed by atoms with Gasteiger partial charge >= 0.3 is 0 Å². The van der Waals surface area contributed by atoms with E-state index in [0.717, 1.165) is 23.1 Å². The van der Waals surface area contributed by atoms with Crippen molar-refractivity contribution in [2.75, 3.05) is 0 Å². The number of ether oxygens (including phenoxy) is 1. The largest absolute Gasteiger partial charge is 0.372 e. The SMILES string of the molecule is CC1CC(C)CC(OCc2ncccc2CN)C1. The summed E-state index contributed by atoms with van der Waals surface area (Å²) < 4.78 is 6.03. The fraction of sp³-hybridized carbons (Fsp3) is 0.667. The molecule has 0 amide bonds. The Bertz CT molecular complexity index is 371. The highest BCUT2D eigenvalue weighted by atomic mass is 16.5. The average molecular weight is 248 g/mol. The van der Waals surface area contributed by atoms with Gasteiger partial charge in [-0.3, -0.25) is 4.98 Å². The predicted octanol–water partition coefficient (Wildman–Crippen LogP) is 2.88. The van der Waals surface area contributed by atoms with Crippen molar-refractivity contribution in [2.45, 2.75) is 52.4 Å². The standard InChI is InChI=1S/C15H24N2O/c1-11-6-12(2)8-14(7-11)18-10-15-13(9-16)4-3-5-17-15/h3-5,11-12,14H,6-10,16H2,1-2H3. The zero-order valence-corrected chi connectivity index (χ0v) is 11.4. The van der Waals surface area contributed by atoms with Crippen LogP contribution in [-0.4, -0.2) is 11.1 Å². The van der Waals surface area contributed by atoms with E-state index in [1.165, 1.54) is 19.3 Å². The molecule has 0 spiro atoms. The van der Waals surface area contributed by atoms with Crippen molar-refractivity contribution < 1.29 is 4.74 Å². The molecule has 0 saturated heterocycles. The van der Waals surface area contributed by atoms with Crippen LogP contribution in [0.15, 0.2) is 18.3 Å². The molecule has 0 aromatic carbocycles. The van der Waals surface area contributed by atoms with Crippen LogP contribution in [0.5, 0.6) is 0 Å². The quantitative estimate of drug-likeness (QED) is 0.891. The Kier molecular flexibility index (Phi) is 4.72. The molecule has 18 heavy (non-hydrogen) atoms. The van der Waals surface area contributed by atoms with Gasteiger partial charge in [0, 0.05) is 12.7 Å². The molecule has 1 heterocycles. The van der Waals surface area contributed by atoms with Gasteiger partial charge in [-0.1, -0.05) is 19.9 Å². The molecule has 1 aromatic heterocycles. The van der Waals surface area contributed by atoms with Crippen molar-refractivity contribution in [3.63, 3.8) is 0 Å². The summed E-state index contributed by atoms with van der Waals surface area (Å²) in [6, 6.07) is 3.95. The maximum Gasteiger partial charge on any atom is 0.0894 e. The molecule has 2 atom stereocenters. The van der Waals surface area contributed by atoms with Crippen LogP contribution in [0.3, 0.4) is 0 Å². The van der Waals surface area contributed by atoms with Gasteiger partial charge in [-0.15, -0.1) is 0 Å². The van der Waals surface area contributed by atoms with E-state index in [-0.39, 0.29) is 0 Å². The van der Waals surface area contributed by atoms with Crippen LogP contribution in [-0.2, 0) is 17.9 Å². The van der Waals surface area contributed by atoms with Gasteiger partial charge < -0.3 is 10.5 Å². The van der Waals surface area contributed by atoms with Crippen LogP contribution in [0.25, 0.3) is 0 Å². The highest BCUT2D eigenvalue weighted by Crippen LogP contribution is 2.30. The highest BCUT2D eigenvalue weighted by molar-refractivity contribution is 5.18. The smallest absolute Gasteiger partial charge is 0.0894 e. The lowest BCUT2D eigenvalue weighted by molar-refractivity contribution is -0.0107. The number of nitrogens with two attached hydrogens (primary N) is 1. The van der Waals surface area contributed by atoms with Crippen molar-refractivity contribution in [1.82, 2.24) is 4.98 Å². The second-order valence-electron chi connectivity index (χ2n) is 5.66. The van der Waals surface area contributed by atoms with Crippen molar-refractivity contribution in [3.8, 4) is 0 Å². The second-order valence-corrected chi connectivity index (χ2v) is 5.66. The van der Waals surface area contributed by atoms with Crippen molar-refractivity contribution in [1.29, 1.82) is 0 Å². The van der Waals surface area contributed by atoms with E-state index in [0.29, 0.717) is 19.3 Å². The lowest BCUT2D eigenvalue weighted by Gasteiger charge is -2.31. The second kappa shape index (κ2) is 6.30. The Labute approximate surface area is 110 Å². The number of hydrogen-bond donors (Lipinski definition) is 1. The van der Waals surface area contributed by atoms with Gasteiger partial charge in [-0.2, -0.15) is 0 Å². The van der Waals surface area contributed by atoms with Gasteiger partial charge in [-0.05, 0) is 42.7 Å². The Hall–Kier alpha value is -0.930. The summed E-state index contributed by atoms with van der Waals surface area (Å²) in [6.07, 6.45) is 5.88. The molecule has 1 aromatic rings. The third kappa shape index (κ3) is 3.53. The van der Waals surface area contributed by atoms with Crippen molar-refractivity contribution >= 4 is 0 Å². The monoisotopic (exact) mass is 248 g/mol. The first-order valence-corrected chi connectivity index (χ1v) is 6.93. The maximum atomic E-state index is 6.03. The summed E-state index contributed by atoms with van der Waals surface area (Å²) in [4.78, 5) is 4.37. The maximum absolute atomic E-state index is 6.03. The first kappa shape index (κ1) is 13.5.